The number of nitrogens with two attached hydrogens (primary N) is 1. The number of anilines is 2. The predicted molar refractivity (Wildman–Crippen MR) is 88.7 cm³/mol. The number of aromatic nitrogens is 3. The predicted octanol–water partition coefficient (Wildman–Crippen LogP) is 2.70. The highest BCUT2D eigenvalue weighted by molar-refractivity contribution is 8.00. The Balaban J connectivity index is 1.96. The highest BCUT2D eigenvalue weighted by Gasteiger charge is 2.16. The molecule has 0 saturated carbocycles. The molecule has 1 aromatic heterocycles. The Kier molecular flexibility index (Phi) is 5.32. The summed E-state index contributed by atoms with van der Waals surface area (Å²) in [4.78, 5) is 23.9. The molecule has 0 radical (unpaired) electrons. The summed E-state index contributed by atoms with van der Waals surface area (Å²) in [5.74, 6) is 0.504. The lowest BCUT2D eigenvalue weighted by Crippen LogP contribution is -2.22. The number of amides is 1. The zero-order chi connectivity index (χ0) is 16.1. The van der Waals surface area contributed by atoms with Gasteiger partial charge in [-0.2, -0.15) is 4.98 Å². The minimum absolute atomic E-state index is 0.110. The van der Waals surface area contributed by atoms with Crippen LogP contribution in [-0.2, 0) is 4.79 Å². The van der Waals surface area contributed by atoms with Crippen LogP contribution < -0.4 is 11.1 Å². The molecule has 1 amide bonds. The van der Waals surface area contributed by atoms with Crippen molar-refractivity contribution in [3.05, 3.63) is 36.2 Å². The molecule has 116 valence electrons. The lowest BCUT2D eigenvalue weighted by atomic mass is 10.0. The summed E-state index contributed by atoms with van der Waals surface area (Å²) in [6.07, 6.45) is 1.33. The largest absolute Gasteiger partial charge is 0.368 e. The standard InChI is InChI=1S/C15H19N5OS/c1-9(2)11-4-6-12(7-5-11)19-13(21)10(3)22-15-18-8-17-14(16)20-15/h4-10H,1-3H3,(H,19,21)(H2,16,17,18,20). The number of carbonyl (C=O) groups excluding carboxylic acids is 1. The van der Waals surface area contributed by atoms with Crippen molar-refractivity contribution >= 4 is 29.3 Å². The van der Waals surface area contributed by atoms with Gasteiger partial charge in [-0.25, -0.2) is 9.97 Å². The maximum atomic E-state index is 12.2. The van der Waals surface area contributed by atoms with Gasteiger partial charge in [-0.15, -0.1) is 0 Å². The summed E-state index contributed by atoms with van der Waals surface area (Å²) in [5, 5.41) is 2.97. The first-order valence-corrected chi connectivity index (χ1v) is 7.85. The molecule has 6 nitrogen and oxygen atoms in total. The lowest BCUT2D eigenvalue weighted by molar-refractivity contribution is -0.115. The minimum atomic E-state index is -0.341. The summed E-state index contributed by atoms with van der Waals surface area (Å²) < 4.78 is 0. The molecule has 2 rings (SSSR count). The van der Waals surface area contributed by atoms with Crippen molar-refractivity contribution < 1.29 is 4.79 Å². The van der Waals surface area contributed by atoms with E-state index in [-0.39, 0.29) is 17.1 Å². The van der Waals surface area contributed by atoms with Crippen molar-refractivity contribution in [3.63, 3.8) is 0 Å². The number of hydrogen-bond donors (Lipinski definition) is 2. The van der Waals surface area contributed by atoms with E-state index in [0.29, 0.717) is 11.1 Å². The molecular weight excluding hydrogens is 298 g/mol. The highest BCUT2D eigenvalue weighted by Crippen LogP contribution is 2.21. The van der Waals surface area contributed by atoms with Crippen molar-refractivity contribution in [2.24, 2.45) is 0 Å². The van der Waals surface area contributed by atoms with E-state index < -0.39 is 0 Å². The van der Waals surface area contributed by atoms with Crippen LogP contribution in [0.15, 0.2) is 35.7 Å². The molecule has 1 aromatic carbocycles. The Hall–Kier alpha value is -2.15. The number of nitrogens with one attached hydrogen (secondary N) is 1. The van der Waals surface area contributed by atoms with Crippen LogP contribution in [0.3, 0.4) is 0 Å². The van der Waals surface area contributed by atoms with Gasteiger partial charge in [0, 0.05) is 5.69 Å². The van der Waals surface area contributed by atoms with Gasteiger partial charge < -0.3 is 11.1 Å². The molecule has 1 heterocycles. The highest BCUT2D eigenvalue weighted by atomic mass is 32.2. The van der Waals surface area contributed by atoms with E-state index in [1.165, 1.54) is 23.7 Å². The average molecular weight is 317 g/mol. The molecule has 0 aliphatic rings. The first-order chi connectivity index (χ1) is 10.5. The summed E-state index contributed by atoms with van der Waals surface area (Å²) in [6.45, 7) is 6.06. The van der Waals surface area contributed by atoms with Gasteiger partial charge >= 0.3 is 0 Å². The zero-order valence-electron chi connectivity index (χ0n) is 12.8. The smallest absolute Gasteiger partial charge is 0.237 e. The Morgan fingerprint density at radius 2 is 1.86 bits per heavy atom. The molecule has 3 N–H and O–H groups in total. The molecule has 0 aliphatic carbocycles. The Morgan fingerprint density at radius 3 is 2.45 bits per heavy atom. The van der Waals surface area contributed by atoms with E-state index >= 15 is 0 Å². The fraction of sp³-hybridized carbons (Fsp3) is 0.333. The SMILES string of the molecule is CC(Sc1ncnc(N)n1)C(=O)Nc1ccc(C(C)C)cc1. The van der Waals surface area contributed by atoms with Crippen LogP contribution in [0.1, 0.15) is 32.3 Å². The maximum absolute atomic E-state index is 12.2. The number of benzene rings is 1. The molecule has 0 fully saturated rings. The van der Waals surface area contributed by atoms with Gasteiger partial charge in [0.05, 0.1) is 5.25 Å². The third-order valence-electron chi connectivity index (χ3n) is 3.06. The second-order valence-corrected chi connectivity index (χ2v) is 6.46. The third kappa shape index (κ3) is 4.42. The van der Waals surface area contributed by atoms with Gasteiger partial charge in [-0.3, -0.25) is 4.79 Å². The maximum Gasteiger partial charge on any atom is 0.237 e. The lowest BCUT2D eigenvalue weighted by Gasteiger charge is -2.12. The quantitative estimate of drug-likeness (QED) is 0.823. The molecule has 0 bridgehead atoms. The van der Waals surface area contributed by atoms with Crippen LogP contribution in [0.5, 0.6) is 0 Å². The molecule has 7 heteroatoms. The van der Waals surface area contributed by atoms with Crippen LogP contribution in [0.2, 0.25) is 0 Å². The number of rotatable bonds is 5. The van der Waals surface area contributed by atoms with E-state index in [1.807, 2.05) is 24.3 Å². The van der Waals surface area contributed by atoms with Gasteiger partial charge in [0.1, 0.15) is 6.33 Å². The monoisotopic (exact) mass is 317 g/mol. The summed E-state index contributed by atoms with van der Waals surface area (Å²) >= 11 is 1.24. The van der Waals surface area contributed by atoms with Crippen LogP contribution in [-0.4, -0.2) is 26.1 Å². The van der Waals surface area contributed by atoms with Gasteiger partial charge in [-0.1, -0.05) is 37.7 Å². The molecular formula is C15H19N5OS. The number of hydrogen-bond acceptors (Lipinski definition) is 6. The fourth-order valence-electron chi connectivity index (χ4n) is 1.76. The van der Waals surface area contributed by atoms with E-state index in [0.717, 1.165) is 5.69 Å². The summed E-state index contributed by atoms with van der Waals surface area (Å²) in [6, 6.07) is 7.85. The zero-order valence-corrected chi connectivity index (χ0v) is 13.6. The second kappa shape index (κ2) is 7.22. The van der Waals surface area contributed by atoms with Crippen LogP contribution in [0.4, 0.5) is 11.6 Å². The Labute approximate surface area is 134 Å². The van der Waals surface area contributed by atoms with Crippen molar-refractivity contribution in [1.29, 1.82) is 0 Å². The molecule has 22 heavy (non-hydrogen) atoms. The van der Waals surface area contributed by atoms with Gasteiger partial charge in [0.2, 0.25) is 11.9 Å². The van der Waals surface area contributed by atoms with Crippen LogP contribution in [0.25, 0.3) is 0 Å². The molecule has 2 aromatic rings. The summed E-state index contributed by atoms with van der Waals surface area (Å²) in [7, 11) is 0. The first-order valence-electron chi connectivity index (χ1n) is 6.97. The second-order valence-electron chi connectivity index (χ2n) is 5.15. The van der Waals surface area contributed by atoms with Crippen molar-refractivity contribution in [2.75, 3.05) is 11.1 Å². The first kappa shape index (κ1) is 16.2. The van der Waals surface area contributed by atoms with Crippen molar-refractivity contribution in [2.45, 2.75) is 37.1 Å². The van der Waals surface area contributed by atoms with E-state index in [9.17, 15) is 4.79 Å². The van der Waals surface area contributed by atoms with Gasteiger partial charge in [0.15, 0.2) is 5.16 Å². The molecule has 1 unspecified atom stereocenters. The molecule has 0 spiro atoms. The fourth-order valence-corrected chi connectivity index (χ4v) is 2.49. The van der Waals surface area contributed by atoms with E-state index in [4.69, 9.17) is 5.73 Å². The normalized spacial score (nSPS) is 12.2. The number of nitrogens with zero attached hydrogens (tertiary/aromatic N) is 3. The minimum Gasteiger partial charge on any atom is -0.368 e. The van der Waals surface area contributed by atoms with Crippen LogP contribution >= 0.6 is 11.8 Å². The summed E-state index contributed by atoms with van der Waals surface area (Å²) in [5.41, 5.74) is 7.51. The van der Waals surface area contributed by atoms with Crippen molar-refractivity contribution in [1.82, 2.24) is 15.0 Å². The topological polar surface area (TPSA) is 93.8 Å². The van der Waals surface area contributed by atoms with E-state index in [1.54, 1.807) is 6.92 Å². The van der Waals surface area contributed by atoms with Crippen molar-refractivity contribution in [3.8, 4) is 0 Å². The van der Waals surface area contributed by atoms with Crippen LogP contribution in [0, 0.1) is 0 Å². The number of nitrogen functional groups attached to an aromatic ring is 1. The number of carbonyl (C=O) groups is 1. The van der Waals surface area contributed by atoms with Gasteiger partial charge in [-0.05, 0) is 30.5 Å². The van der Waals surface area contributed by atoms with Gasteiger partial charge in [0.25, 0.3) is 0 Å². The molecule has 1 atom stereocenters. The molecule has 0 saturated heterocycles. The Bertz CT molecular complexity index is 645. The third-order valence-corrected chi connectivity index (χ3v) is 4.04. The Morgan fingerprint density at radius 1 is 1.18 bits per heavy atom. The average Bonchev–Trinajstić information content (AvgIpc) is 2.47. The van der Waals surface area contributed by atoms with E-state index in [2.05, 4.69) is 34.1 Å². The number of thioether (sulfide) groups is 1. The molecule has 0 aliphatic heterocycles.